The maximum absolute atomic E-state index is 10.3. The van der Waals surface area contributed by atoms with E-state index in [0.29, 0.717) is 6.42 Å². The van der Waals surface area contributed by atoms with Gasteiger partial charge in [-0.05, 0) is 11.6 Å². The van der Waals surface area contributed by atoms with E-state index in [1.165, 1.54) is 0 Å². The first-order valence-corrected chi connectivity index (χ1v) is 3.80. The van der Waals surface area contributed by atoms with E-state index in [1.54, 1.807) is 6.26 Å². The standard InChI is InChI=1S/C10H8O2/c11-6-4-10-9-3-1-2-8(9)5-7-12-10/h1-3,5-7H,4H2. The molecule has 0 unspecified atom stereocenters. The van der Waals surface area contributed by atoms with E-state index in [0.717, 1.165) is 23.2 Å². The molecule has 1 heterocycles. The molecular formula is C10H8O2. The van der Waals surface area contributed by atoms with Crippen LogP contribution in [0.3, 0.4) is 0 Å². The van der Waals surface area contributed by atoms with E-state index in [1.807, 2.05) is 24.3 Å². The summed E-state index contributed by atoms with van der Waals surface area (Å²) in [6, 6.07) is 7.80. The lowest BCUT2D eigenvalue weighted by Gasteiger charge is -2.02. The number of carbonyl (C=O) groups is 1. The molecule has 0 bridgehead atoms. The largest absolute Gasteiger partial charge is 0.468 e. The van der Waals surface area contributed by atoms with Crippen LogP contribution < -0.4 is 0 Å². The lowest BCUT2D eigenvalue weighted by molar-refractivity contribution is -0.107. The molecule has 2 aliphatic rings. The average Bonchev–Trinajstić information content (AvgIpc) is 2.53. The molecule has 1 aliphatic heterocycles. The van der Waals surface area contributed by atoms with Crippen molar-refractivity contribution in [3.8, 4) is 11.1 Å². The van der Waals surface area contributed by atoms with Crippen LogP contribution in [0, 0.1) is 0 Å². The van der Waals surface area contributed by atoms with Gasteiger partial charge in [-0.1, -0.05) is 18.2 Å². The number of hydrogen-bond donors (Lipinski definition) is 0. The minimum absolute atomic E-state index is 0.349. The van der Waals surface area contributed by atoms with Crippen LogP contribution in [0.2, 0.25) is 0 Å². The van der Waals surface area contributed by atoms with Gasteiger partial charge in [0.2, 0.25) is 0 Å². The van der Waals surface area contributed by atoms with Gasteiger partial charge in [-0.2, -0.15) is 0 Å². The van der Waals surface area contributed by atoms with Crippen LogP contribution in [0.1, 0.15) is 5.76 Å². The van der Waals surface area contributed by atoms with Crippen molar-refractivity contribution in [2.24, 2.45) is 0 Å². The van der Waals surface area contributed by atoms with Gasteiger partial charge < -0.3 is 9.21 Å². The monoisotopic (exact) mass is 160 g/mol. The van der Waals surface area contributed by atoms with Crippen molar-refractivity contribution in [1.82, 2.24) is 0 Å². The van der Waals surface area contributed by atoms with Gasteiger partial charge in [0.1, 0.15) is 12.0 Å². The predicted molar refractivity (Wildman–Crippen MR) is 45.1 cm³/mol. The zero-order chi connectivity index (χ0) is 8.39. The summed E-state index contributed by atoms with van der Waals surface area (Å²) in [7, 11) is 0. The normalized spacial score (nSPS) is 10.3. The first kappa shape index (κ1) is 7.10. The zero-order valence-corrected chi connectivity index (χ0v) is 6.49. The summed E-state index contributed by atoms with van der Waals surface area (Å²) < 4.78 is 5.21. The van der Waals surface area contributed by atoms with Crippen molar-refractivity contribution in [1.29, 1.82) is 0 Å². The molecule has 0 aromatic carbocycles. The molecule has 60 valence electrons. The zero-order valence-electron chi connectivity index (χ0n) is 6.49. The molecule has 2 nitrogen and oxygen atoms in total. The van der Waals surface area contributed by atoms with E-state index in [9.17, 15) is 4.79 Å². The SMILES string of the molecule is O=CCc1occc2cccc1-2. The van der Waals surface area contributed by atoms with Crippen molar-refractivity contribution in [2.45, 2.75) is 6.42 Å². The van der Waals surface area contributed by atoms with E-state index < -0.39 is 0 Å². The second-order valence-electron chi connectivity index (χ2n) is 2.61. The molecule has 12 heavy (non-hydrogen) atoms. The third-order valence-electron chi connectivity index (χ3n) is 1.88. The first-order valence-electron chi connectivity index (χ1n) is 3.80. The molecule has 0 radical (unpaired) electrons. The molecule has 2 heteroatoms. The molecule has 0 aromatic heterocycles. The highest BCUT2D eigenvalue weighted by molar-refractivity contribution is 5.70. The Morgan fingerprint density at radius 2 is 2.25 bits per heavy atom. The van der Waals surface area contributed by atoms with Gasteiger partial charge in [0.25, 0.3) is 0 Å². The highest BCUT2D eigenvalue weighted by atomic mass is 16.3. The van der Waals surface area contributed by atoms with Crippen LogP contribution in [-0.2, 0) is 11.2 Å². The van der Waals surface area contributed by atoms with Crippen LogP contribution in [0.25, 0.3) is 11.1 Å². The summed E-state index contributed by atoms with van der Waals surface area (Å²) in [5.74, 6) is 0.743. The Labute approximate surface area is 70.2 Å². The number of hydrogen-bond acceptors (Lipinski definition) is 2. The van der Waals surface area contributed by atoms with Gasteiger partial charge in [0.15, 0.2) is 0 Å². The first-order chi connectivity index (χ1) is 5.92. The maximum Gasteiger partial charge on any atom is 0.127 e. The van der Waals surface area contributed by atoms with Crippen molar-refractivity contribution >= 4 is 6.29 Å². The summed E-state index contributed by atoms with van der Waals surface area (Å²) in [5.41, 5.74) is 2.16. The average molecular weight is 160 g/mol. The van der Waals surface area contributed by atoms with Gasteiger partial charge >= 0.3 is 0 Å². The lowest BCUT2D eigenvalue weighted by Crippen LogP contribution is -1.88. The smallest absolute Gasteiger partial charge is 0.127 e. The van der Waals surface area contributed by atoms with Crippen LogP contribution in [0.4, 0.5) is 0 Å². The fourth-order valence-corrected chi connectivity index (χ4v) is 1.32. The highest BCUT2D eigenvalue weighted by Crippen LogP contribution is 2.26. The summed E-state index contributed by atoms with van der Waals surface area (Å²) >= 11 is 0. The summed E-state index contributed by atoms with van der Waals surface area (Å²) in [4.78, 5) is 10.3. The molecule has 0 amide bonds. The molecule has 0 saturated heterocycles. The third-order valence-corrected chi connectivity index (χ3v) is 1.88. The van der Waals surface area contributed by atoms with Crippen LogP contribution in [0.15, 0.2) is 34.9 Å². The van der Waals surface area contributed by atoms with E-state index in [2.05, 4.69) is 0 Å². The third kappa shape index (κ3) is 1.01. The van der Waals surface area contributed by atoms with Crippen LogP contribution in [0.5, 0.6) is 0 Å². The number of carbonyl (C=O) groups excluding carboxylic acids is 1. The number of aldehydes is 1. The Kier molecular flexibility index (Phi) is 1.67. The van der Waals surface area contributed by atoms with E-state index in [4.69, 9.17) is 4.42 Å². The minimum Gasteiger partial charge on any atom is -0.468 e. The molecule has 0 N–H and O–H groups in total. The van der Waals surface area contributed by atoms with Crippen LogP contribution in [-0.4, -0.2) is 6.29 Å². The second kappa shape index (κ2) is 2.81. The summed E-state index contributed by atoms with van der Waals surface area (Å²) in [5, 5.41) is 0. The Morgan fingerprint density at radius 3 is 3.08 bits per heavy atom. The molecule has 0 spiro atoms. The fraction of sp³-hybridized carbons (Fsp3) is 0.100. The Bertz CT molecular complexity index is 362. The van der Waals surface area contributed by atoms with Gasteiger partial charge in [-0.15, -0.1) is 0 Å². The van der Waals surface area contributed by atoms with Crippen molar-refractivity contribution < 1.29 is 9.21 Å². The fourth-order valence-electron chi connectivity index (χ4n) is 1.32. The molecule has 0 saturated carbocycles. The topological polar surface area (TPSA) is 30.2 Å². The maximum atomic E-state index is 10.3. The van der Waals surface area contributed by atoms with E-state index >= 15 is 0 Å². The molecule has 0 aromatic rings. The number of rotatable bonds is 2. The Hall–Kier alpha value is -1.57. The van der Waals surface area contributed by atoms with Crippen molar-refractivity contribution in [3.63, 3.8) is 0 Å². The quantitative estimate of drug-likeness (QED) is 0.630. The van der Waals surface area contributed by atoms with Crippen molar-refractivity contribution in [2.75, 3.05) is 0 Å². The molecule has 0 fully saturated rings. The van der Waals surface area contributed by atoms with Gasteiger partial charge in [-0.3, -0.25) is 0 Å². The lowest BCUT2D eigenvalue weighted by atomic mass is 10.1. The summed E-state index contributed by atoms with van der Waals surface area (Å²) in [6.45, 7) is 0. The minimum atomic E-state index is 0.349. The Morgan fingerprint density at radius 1 is 1.33 bits per heavy atom. The summed E-state index contributed by atoms with van der Waals surface area (Å²) in [6.07, 6.45) is 2.81. The van der Waals surface area contributed by atoms with Crippen molar-refractivity contribution in [3.05, 3.63) is 36.3 Å². The van der Waals surface area contributed by atoms with Crippen LogP contribution >= 0.6 is 0 Å². The molecule has 1 aliphatic carbocycles. The molecule has 0 atom stereocenters. The molecule has 2 rings (SSSR count). The predicted octanol–water partition coefficient (Wildman–Crippen LogP) is 2.13. The Balaban J connectivity index is 2.54. The number of fused-ring (bicyclic) bond motifs is 1. The van der Waals surface area contributed by atoms with E-state index in [-0.39, 0.29) is 0 Å². The van der Waals surface area contributed by atoms with Gasteiger partial charge in [0.05, 0.1) is 12.7 Å². The highest BCUT2D eigenvalue weighted by Gasteiger charge is 2.08. The molecular weight excluding hydrogens is 152 g/mol. The second-order valence-corrected chi connectivity index (χ2v) is 2.61. The van der Waals surface area contributed by atoms with Gasteiger partial charge in [-0.25, -0.2) is 0 Å². The van der Waals surface area contributed by atoms with Gasteiger partial charge in [0, 0.05) is 5.56 Å².